The molecule has 0 saturated heterocycles. The van der Waals surface area contributed by atoms with Gasteiger partial charge in [-0.3, -0.25) is 14.6 Å². The number of aromatic amines is 2. The molecule has 0 aliphatic carbocycles. The Morgan fingerprint density at radius 3 is 2.68 bits per heavy atom. The van der Waals surface area contributed by atoms with Crippen LogP contribution >= 0.6 is 39.3 Å². The van der Waals surface area contributed by atoms with E-state index in [9.17, 15) is 14.4 Å². The average Bonchev–Trinajstić information content (AvgIpc) is 3.15. The first-order valence-electron chi connectivity index (χ1n) is 9.74. The second-order valence-electron chi connectivity index (χ2n) is 7.08. The number of anilines is 1. The molecule has 0 bridgehead atoms. The van der Waals surface area contributed by atoms with Crippen LogP contribution in [0.4, 0.5) is 5.82 Å². The predicted octanol–water partition coefficient (Wildman–Crippen LogP) is 3.49. The van der Waals surface area contributed by atoms with Crippen LogP contribution < -0.4 is 16.6 Å². The molecule has 0 aliphatic heterocycles. The molecule has 0 aliphatic rings. The highest BCUT2D eigenvalue weighted by atomic mass is 79.9. The molecule has 0 spiro atoms. The van der Waals surface area contributed by atoms with E-state index in [0.29, 0.717) is 27.0 Å². The Kier molecular flexibility index (Phi) is 5.94. The summed E-state index contributed by atoms with van der Waals surface area (Å²) >= 11 is 10.4. The first-order valence-corrected chi connectivity index (χ1v) is 11.9. The molecule has 0 unspecified atom stereocenters. The number of fused-ring (bicyclic) bond motifs is 3. The Balaban J connectivity index is 1.36. The van der Waals surface area contributed by atoms with E-state index in [1.165, 1.54) is 4.57 Å². The lowest BCUT2D eigenvalue weighted by atomic mass is 10.2. The van der Waals surface area contributed by atoms with E-state index >= 15 is 0 Å². The number of nitrogens with one attached hydrogen (secondary N) is 3. The standard InChI is InChI=1S/C21H13BrClN7O3S/c22-10-1-6-14-13(7-10)18-19(24-14)27-20(29-28-18)34-9-17(32)25-15-8-16(31)26-21(33)30(15)12-4-2-11(23)3-5-12/h1-8H,9H2,(H,25,32)(H,24,27,29)(H,26,31,33). The fourth-order valence-electron chi connectivity index (χ4n) is 3.33. The van der Waals surface area contributed by atoms with Crippen molar-refractivity contribution in [2.45, 2.75) is 5.16 Å². The molecule has 170 valence electrons. The van der Waals surface area contributed by atoms with E-state index in [1.54, 1.807) is 24.3 Å². The van der Waals surface area contributed by atoms with Crippen molar-refractivity contribution in [2.24, 2.45) is 0 Å². The second-order valence-corrected chi connectivity index (χ2v) is 9.37. The lowest BCUT2D eigenvalue weighted by Crippen LogP contribution is -2.32. The zero-order chi connectivity index (χ0) is 23.8. The number of hydrogen-bond donors (Lipinski definition) is 3. The molecular weight excluding hydrogens is 546 g/mol. The number of carbonyl (C=O) groups is 1. The van der Waals surface area contributed by atoms with Crippen LogP contribution in [0.5, 0.6) is 0 Å². The number of thioether (sulfide) groups is 1. The van der Waals surface area contributed by atoms with Crippen LogP contribution in [0.2, 0.25) is 5.02 Å². The second kappa shape index (κ2) is 9.05. The largest absolute Gasteiger partial charge is 0.338 e. The summed E-state index contributed by atoms with van der Waals surface area (Å²) in [6, 6.07) is 13.3. The van der Waals surface area contributed by atoms with E-state index < -0.39 is 17.2 Å². The molecule has 3 N–H and O–H groups in total. The van der Waals surface area contributed by atoms with Gasteiger partial charge >= 0.3 is 5.69 Å². The summed E-state index contributed by atoms with van der Waals surface area (Å²) in [5.74, 6) is -0.500. The summed E-state index contributed by atoms with van der Waals surface area (Å²) in [6.45, 7) is 0. The van der Waals surface area contributed by atoms with Crippen molar-refractivity contribution >= 4 is 73.1 Å². The van der Waals surface area contributed by atoms with Gasteiger partial charge in [-0.25, -0.2) is 14.3 Å². The number of carbonyl (C=O) groups excluding carboxylic acids is 1. The van der Waals surface area contributed by atoms with Gasteiger partial charge in [-0.15, -0.1) is 10.2 Å². The maximum absolute atomic E-state index is 12.6. The van der Waals surface area contributed by atoms with Gasteiger partial charge < -0.3 is 10.3 Å². The summed E-state index contributed by atoms with van der Waals surface area (Å²) in [6.07, 6.45) is 0. The fraction of sp³-hybridized carbons (Fsp3) is 0.0476. The number of rotatable bonds is 5. The topological polar surface area (TPSA) is 138 Å². The van der Waals surface area contributed by atoms with Gasteiger partial charge in [0.1, 0.15) is 11.3 Å². The third-order valence-electron chi connectivity index (χ3n) is 4.78. The van der Waals surface area contributed by atoms with Crippen molar-refractivity contribution in [1.82, 2.24) is 29.7 Å². The molecule has 3 heterocycles. The Labute approximate surface area is 207 Å². The third kappa shape index (κ3) is 4.47. The minimum absolute atomic E-state index is 0.0253. The third-order valence-corrected chi connectivity index (χ3v) is 6.37. The van der Waals surface area contributed by atoms with Crippen molar-refractivity contribution in [3.8, 4) is 5.69 Å². The van der Waals surface area contributed by atoms with Crippen molar-refractivity contribution < 1.29 is 4.79 Å². The number of nitrogens with zero attached hydrogens (tertiary/aromatic N) is 4. The number of amides is 1. The Morgan fingerprint density at radius 2 is 1.88 bits per heavy atom. The zero-order valence-electron chi connectivity index (χ0n) is 17.0. The molecular formula is C21H13BrClN7O3S. The van der Waals surface area contributed by atoms with E-state index in [4.69, 9.17) is 11.6 Å². The summed E-state index contributed by atoms with van der Waals surface area (Å²) in [5, 5.41) is 12.6. The number of hydrogen-bond acceptors (Lipinski definition) is 7. The van der Waals surface area contributed by atoms with Crippen LogP contribution in [0.3, 0.4) is 0 Å². The highest BCUT2D eigenvalue weighted by molar-refractivity contribution is 9.10. The van der Waals surface area contributed by atoms with Crippen LogP contribution in [0.25, 0.3) is 27.8 Å². The van der Waals surface area contributed by atoms with Gasteiger partial charge in [0.2, 0.25) is 11.1 Å². The minimum Gasteiger partial charge on any atom is -0.338 e. The quantitative estimate of drug-likeness (QED) is 0.281. The van der Waals surface area contributed by atoms with Gasteiger partial charge in [-0.1, -0.05) is 39.3 Å². The van der Waals surface area contributed by atoms with E-state index in [1.807, 2.05) is 18.2 Å². The van der Waals surface area contributed by atoms with Crippen molar-refractivity contribution in [1.29, 1.82) is 0 Å². The van der Waals surface area contributed by atoms with Gasteiger partial charge in [0.25, 0.3) is 5.56 Å². The summed E-state index contributed by atoms with van der Waals surface area (Å²) in [7, 11) is 0. The lowest BCUT2D eigenvalue weighted by molar-refractivity contribution is -0.113. The smallest absolute Gasteiger partial charge is 0.334 e. The highest BCUT2D eigenvalue weighted by Crippen LogP contribution is 2.26. The Hall–Kier alpha value is -3.48. The molecule has 0 radical (unpaired) electrons. The van der Waals surface area contributed by atoms with Crippen LogP contribution in [0.15, 0.2) is 67.7 Å². The first kappa shape index (κ1) is 22.3. The Bertz CT molecular complexity index is 1680. The van der Waals surface area contributed by atoms with Gasteiger partial charge in [-0.05, 0) is 42.5 Å². The number of halogens is 2. The molecule has 34 heavy (non-hydrogen) atoms. The molecule has 1 amide bonds. The molecule has 0 fully saturated rings. The van der Waals surface area contributed by atoms with E-state index in [2.05, 4.69) is 46.4 Å². The number of H-pyrrole nitrogens is 2. The van der Waals surface area contributed by atoms with Gasteiger partial charge in [0.05, 0.1) is 11.4 Å². The highest BCUT2D eigenvalue weighted by Gasteiger charge is 2.14. The molecule has 10 nitrogen and oxygen atoms in total. The summed E-state index contributed by atoms with van der Waals surface area (Å²) in [5.41, 5.74) is 1.15. The number of benzene rings is 2. The molecule has 13 heteroatoms. The SMILES string of the molecule is O=C(CSc1nnc2c(n1)[nH]c1ccc(Br)cc12)Nc1cc(=O)[nH]c(=O)n1-c1ccc(Cl)cc1. The average molecular weight is 559 g/mol. The number of aromatic nitrogens is 6. The van der Waals surface area contributed by atoms with E-state index in [-0.39, 0.29) is 11.6 Å². The maximum atomic E-state index is 12.6. The summed E-state index contributed by atoms with van der Waals surface area (Å²) in [4.78, 5) is 46.7. The van der Waals surface area contributed by atoms with Crippen molar-refractivity contribution in [2.75, 3.05) is 11.1 Å². The van der Waals surface area contributed by atoms with Gasteiger partial charge in [0.15, 0.2) is 5.65 Å². The van der Waals surface area contributed by atoms with Crippen LogP contribution in [-0.4, -0.2) is 41.4 Å². The maximum Gasteiger partial charge on any atom is 0.334 e. The molecule has 0 atom stereocenters. The predicted molar refractivity (Wildman–Crippen MR) is 134 cm³/mol. The molecule has 5 rings (SSSR count). The minimum atomic E-state index is -0.693. The zero-order valence-corrected chi connectivity index (χ0v) is 20.2. The lowest BCUT2D eigenvalue weighted by Gasteiger charge is -2.13. The van der Waals surface area contributed by atoms with E-state index in [0.717, 1.165) is 33.2 Å². The van der Waals surface area contributed by atoms with Crippen LogP contribution in [0.1, 0.15) is 0 Å². The normalized spacial score (nSPS) is 11.2. The van der Waals surface area contributed by atoms with Crippen LogP contribution in [0, 0.1) is 0 Å². The Morgan fingerprint density at radius 1 is 1.09 bits per heavy atom. The first-order chi connectivity index (χ1) is 16.4. The summed E-state index contributed by atoms with van der Waals surface area (Å²) < 4.78 is 2.09. The van der Waals surface area contributed by atoms with Gasteiger partial charge in [-0.2, -0.15) is 0 Å². The van der Waals surface area contributed by atoms with Crippen LogP contribution in [-0.2, 0) is 4.79 Å². The molecule has 0 saturated carbocycles. The monoisotopic (exact) mass is 557 g/mol. The van der Waals surface area contributed by atoms with Crippen molar-refractivity contribution in [3.63, 3.8) is 0 Å². The fourth-order valence-corrected chi connectivity index (χ4v) is 4.41. The van der Waals surface area contributed by atoms with Gasteiger partial charge in [0, 0.05) is 26.5 Å². The molecule has 3 aromatic heterocycles. The van der Waals surface area contributed by atoms with Crippen molar-refractivity contribution in [3.05, 3.63) is 78.9 Å². The molecule has 5 aromatic rings. The molecule has 2 aromatic carbocycles.